The molecule has 0 aliphatic heterocycles. The summed E-state index contributed by atoms with van der Waals surface area (Å²) in [5.41, 5.74) is 0.904. The Labute approximate surface area is 107 Å². The van der Waals surface area contributed by atoms with Gasteiger partial charge in [0.15, 0.2) is 0 Å². The van der Waals surface area contributed by atoms with Crippen molar-refractivity contribution in [1.82, 2.24) is 5.32 Å². The molecule has 1 aromatic rings. The smallest absolute Gasteiger partial charge is 0.272 e. The predicted octanol–water partition coefficient (Wildman–Crippen LogP) is 1.89. The number of hydrogen-bond acceptors (Lipinski definition) is 4. The number of para-hydroxylation sites is 1. The molecule has 18 heavy (non-hydrogen) atoms. The minimum Gasteiger partial charge on any atom is -0.393 e. The quantitative estimate of drug-likeness (QED) is 0.574. The lowest BCUT2D eigenvalue weighted by Gasteiger charge is -2.15. The molecule has 0 heterocycles. The third-order valence-corrected chi connectivity index (χ3v) is 2.77. The van der Waals surface area contributed by atoms with Crippen molar-refractivity contribution >= 4 is 5.69 Å². The van der Waals surface area contributed by atoms with Crippen LogP contribution < -0.4 is 5.32 Å². The Hall–Kier alpha value is -1.46. The zero-order chi connectivity index (χ0) is 13.5. The molecule has 0 saturated heterocycles. The van der Waals surface area contributed by atoms with Crippen LogP contribution in [0.1, 0.15) is 25.8 Å². The molecule has 2 atom stereocenters. The normalized spacial score (nSPS) is 14.2. The maximum Gasteiger partial charge on any atom is 0.272 e. The van der Waals surface area contributed by atoms with Crippen LogP contribution in [0.4, 0.5) is 5.69 Å². The molecule has 0 saturated carbocycles. The van der Waals surface area contributed by atoms with Gasteiger partial charge in [0, 0.05) is 17.7 Å². The molecule has 0 fully saturated rings. The second-order valence-electron chi connectivity index (χ2n) is 4.58. The molecule has 0 amide bonds. The summed E-state index contributed by atoms with van der Waals surface area (Å²) in [6.45, 7) is 4.41. The van der Waals surface area contributed by atoms with Gasteiger partial charge in [-0.15, -0.1) is 0 Å². The fraction of sp³-hybridized carbons (Fsp3) is 0.538. The van der Waals surface area contributed by atoms with E-state index in [0.717, 1.165) is 5.56 Å². The summed E-state index contributed by atoms with van der Waals surface area (Å²) in [5, 5.41) is 23.3. The van der Waals surface area contributed by atoms with E-state index < -0.39 is 0 Å². The van der Waals surface area contributed by atoms with E-state index >= 15 is 0 Å². The highest BCUT2D eigenvalue weighted by molar-refractivity contribution is 5.39. The molecule has 5 heteroatoms. The first-order valence-corrected chi connectivity index (χ1v) is 6.14. The highest BCUT2D eigenvalue weighted by Gasteiger charge is 2.12. The van der Waals surface area contributed by atoms with Gasteiger partial charge in [0.1, 0.15) is 0 Å². The lowest BCUT2D eigenvalue weighted by molar-refractivity contribution is -0.385. The third-order valence-electron chi connectivity index (χ3n) is 2.77. The molecule has 2 N–H and O–H groups in total. The summed E-state index contributed by atoms with van der Waals surface area (Å²) in [5.74, 6) is 0. The first-order valence-electron chi connectivity index (χ1n) is 6.14. The second kappa shape index (κ2) is 7.08. The van der Waals surface area contributed by atoms with Gasteiger partial charge in [-0.1, -0.05) is 18.2 Å². The Balaban J connectivity index is 2.46. The van der Waals surface area contributed by atoms with Gasteiger partial charge in [0.05, 0.1) is 11.0 Å². The highest BCUT2D eigenvalue weighted by atomic mass is 16.6. The van der Waals surface area contributed by atoms with Crippen molar-refractivity contribution in [2.24, 2.45) is 0 Å². The van der Waals surface area contributed by atoms with E-state index in [1.807, 2.05) is 13.0 Å². The van der Waals surface area contributed by atoms with Crippen LogP contribution in [-0.2, 0) is 6.42 Å². The molecule has 1 aromatic carbocycles. The van der Waals surface area contributed by atoms with E-state index in [4.69, 9.17) is 0 Å². The lowest BCUT2D eigenvalue weighted by atomic mass is 10.1. The molecule has 0 aliphatic carbocycles. The maximum atomic E-state index is 10.8. The van der Waals surface area contributed by atoms with Gasteiger partial charge in [-0.3, -0.25) is 10.1 Å². The van der Waals surface area contributed by atoms with E-state index in [0.29, 0.717) is 19.4 Å². The monoisotopic (exact) mass is 252 g/mol. The van der Waals surface area contributed by atoms with Crippen LogP contribution in [0.3, 0.4) is 0 Å². The first-order chi connectivity index (χ1) is 8.50. The van der Waals surface area contributed by atoms with Crippen LogP contribution in [0.15, 0.2) is 24.3 Å². The Morgan fingerprint density at radius 3 is 2.67 bits per heavy atom. The number of rotatable bonds is 7. The number of aliphatic hydroxyl groups excluding tert-OH is 1. The zero-order valence-corrected chi connectivity index (χ0v) is 10.8. The predicted molar refractivity (Wildman–Crippen MR) is 70.6 cm³/mol. The van der Waals surface area contributed by atoms with Gasteiger partial charge in [0.2, 0.25) is 0 Å². The fourth-order valence-electron chi connectivity index (χ4n) is 1.95. The number of nitrogens with one attached hydrogen (secondary N) is 1. The molecule has 0 radical (unpaired) electrons. The van der Waals surface area contributed by atoms with E-state index in [1.165, 1.54) is 6.07 Å². The van der Waals surface area contributed by atoms with Crippen LogP contribution in [0.25, 0.3) is 0 Å². The summed E-state index contributed by atoms with van der Waals surface area (Å²) < 4.78 is 0. The largest absolute Gasteiger partial charge is 0.393 e. The molecule has 0 spiro atoms. The molecular weight excluding hydrogens is 232 g/mol. The lowest BCUT2D eigenvalue weighted by Crippen LogP contribution is -2.30. The summed E-state index contributed by atoms with van der Waals surface area (Å²) in [7, 11) is 0. The van der Waals surface area contributed by atoms with Crippen LogP contribution >= 0.6 is 0 Å². The third kappa shape index (κ3) is 4.81. The summed E-state index contributed by atoms with van der Waals surface area (Å²) >= 11 is 0. The molecule has 100 valence electrons. The Morgan fingerprint density at radius 1 is 1.39 bits per heavy atom. The van der Waals surface area contributed by atoms with Gasteiger partial charge in [0.25, 0.3) is 5.69 Å². The summed E-state index contributed by atoms with van der Waals surface area (Å²) in [4.78, 5) is 10.5. The van der Waals surface area contributed by atoms with Crippen molar-refractivity contribution in [1.29, 1.82) is 0 Å². The average molecular weight is 252 g/mol. The molecular formula is C13H20N2O3. The van der Waals surface area contributed by atoms with E-state index in [1.54, 1.807) is 19.1 Å². The van der Waals surface area contributed by atoms with Gasteiger partial charge in [-0.2, -0.15) is 0 Å². The van der Waals surface area contributed by atoms with Crippen molar-refractivity contribution in [2.75, 3.05) is 6.54 Å². The number of nitrogens with zero attached hydrogens (tertiary/aromatic N) is 1. The summed E-state index contributed by atoms with van der Waals surface area (Å²) in [6.07, 6.45) is 0.955. The highest BCUT2D eigenvalue weighted by Crippen LogP contribution is 2.17. The van der Waals surface area contributed by atoms with Crippen LogP contribution in [0.2, 0.25) is 0 Å². The minimum atomic E-state index is -0.353. The number of hydrogen-bond donors (Lipinski definition) is 2. The first kappa shape index (κ1) is 14.6. The van der Waals surface area contributed by atoms with Crippen molar-refractivity contribution in [3.63, 3.8) is 0 Å². The molecule has 0 bridgehead atoms. The molecule has 2 unspecified atom stereocenters. The van der Waals surface area contributed by atoms with E-state index in [-0.39, 0.29) is 22.8 Å². The van der Waals surface area contributed by atoms with Crippen molar-refractivity contribution in [3.05, 3.63) is 39.9 Å². The molecule has 0 aromatic heterocycles. The van der Waals surface area contributed by atoms with E-state index in [2.05, 4.69) is 5.32 Å². The van der Waals surface area contributed by atoms with Crippen LogP contribution in [-0.4, -0.2) is 28.7 Å². The topological polar surface area (TPSA) is 75.4 Å². The number of aliphatic hydroxyl groups is 1. The molecule has 5 nitrogen and oxygen atoms in total. The zero-order valence-electron chi connectivity index (χ0n) is 10.8. The van der Waals surface area contributed by atoms with Crippen molar-refractivity contribution in [3.8, 4) is 0 Å². The van der Waals surface area contributed by atoms with Crippen molar-refractivity contribution in [2.45, 2.75) is 38.8 Å². The van der Waals surface area contributed by atoms with Gasteiger partial charge in [-0.25, -0.2) is 0 Å². The van der Waals surface area contributed by atoms with Crippen LogP contribution in [0.5, 0.6) is 0 Å². The molecule has 1 rings (SSSR count). The summed E-state index contributed by atoms with van der Waals surface area (Å²) in [6, 6.07) is 6.98. The fourth-order valence-corrected chi connectivity index (χ4v) is 1.95. The standard InChI is InChI=1S/C13H20N2O3/c1-10(9-11(2)16)14-8-7-12-5-3-4-6-13(12)15(17)18/h3-6,10-11,14,16H,7-9H2,1-2H3. The van der Waals surface area contributed by atoms with Gasteiger partial charge in [-0.05, 0) is 33.2 Å². The number of nitro benzene ring substituents is 1. The Kier molecular flexibility index (Phi) is 5.74. The Bertz CT molecular complexity index is 394. The van der Waals surface area contributed by atoms with Crippen LogP contribution in [0, 0.1) is 10.1 Å². The minimum absolute atomic E-state index is 0.169. The van der Waals surface area contributed by atoms with Gasteiger partial charge >= 0.3 is 0 Å². The maximum absolute atomic E-state index is 10.8. The number of benzene rings is 1. The second-order valence-corrected chi connectivity index (χ2v) is 4.58. The van der Waals surface area contributed by atoms with Crippen molar-refractivity contribution < 1.29 is 10.0 Å². The number of nitro groups is 1. The van der Waals surface area contributed by atoms with E-state index in [9.17, 15) is 15.2 Å². The SMILES string of the molecule is CC(O)CC(C)NCCc1ccccc1[N+](=O)[O-]. The average Bonchev–Trinajstić information content (AvgIpc) is 2.28. The Morgan fingerprint density at radius 2 is 2.06 bits per heavy atom. The van der Waals surface area contributed by atoms with Gasteiger partial charge < -0.3 is 10.4 Å². The molecule has 0 aliphatic rings.